The number of para-hydroxylation sites is 1. The fraction of sp³-hybridized carbons (Fsp3) is 0.133. The largest absolute Gasteiger partial charge is 0.364 e. The van der Waals surface area contributed by atoms with Gasteiger partial charge in [-0.15, -0.1) is 18.3 Å². The van der Waals surface area contributed by atoms with Gasteiger partial charge >= 0.3 is 0 Å². The summed E-state index contributed by atoms with van der Waals surface area (Å²) in [5.41, 5.74) is 1.06. The van der Waals surface area contributed by atoms with Crippen LogP contribution in [0.15, 0.2) is 66.9 Å². The molecule has 0 N–H and O–H groups in total. The molecule has 0 unspecified atom stereocenters. The smallest absolute Gasteiger partial charge is 0.0701 e. The Bertz CT molecular complexity index is 471. The summed E-state index contributed by atoms with van der Waals surface area (Å²) >= 11 is 1.82. The van der Waals surface area contributed by atoms with Gasteiger partial charge < -0.3 is 4.90 Å². The molecule has 2 aromatic rings. The molecule has 0 aliphatic carbocycles. The van der Waals surface area contributed by atoms with Gasteiger partial charge in [-0.3, -0.25) is 4.98 Å². The summed E-state index contributed by atoms with van der Waals surface area (Å²) in [5.74, 6) is 1.09. The maximum Gasteiger partial charge on any atom is 0.0701 e. The van der Waals surface area contributed by atoms with Crippen LogP contribution < -0.4 is 0 Å². The van der Waals surface area contributed by atoms with Gasteiger partial charge in [0.05, 0.1) is 11.4 Å². The van der Waals surface area contributed by atoms with Crippen LogP contribution in [0.5, 0.6) is 0 Å². The maximum absolute atomic E-state index is 4.18. The zero-order valence-electron chi connectivity index (χ0n) is 10.2. The van der Waals surface area contributed by atoms with E-state index in [1.54, 1.807) is 0 Å². The summed E-state index contributed by atoms with van der Waals surface area (Å²) in [6, 6.07) is 12.1. The van der Waals surface area contributed by atoms with E-state index in [0.29, 0.717) is 0 Å². The fourth-order valence-electron chi connectivity index (χ4n) is 1.61. The highest BCUT2D eigenvalue weighted by molar-refractivity contribution is 8.02. The molecule has 1 aliphatic rings. The van der Waals surface area contributed by atoms with Gasteiger partial charge in [0, 0.05) is 24.3 Å². The van der Waals surface area contributed by atoms with E-state index in [9.17, 15) is 0 Å². The summed E-state index contributed by atoms with van der Waals surface area (Å²) < 4.78 is 0. The number of thioether (sulfide) groups is 1. The Morgan fingerprint density at radius 2 is 2.11 bits per heavy atom. The molecule has 0 saturated carbocycles. The van der Waals surface area contributed by atoms with Crippen LogP contribution in [0, 0.1) is 0 Å². The Labute approximate surface area is 112 Å². The number of fused-ring (bicyclic) bond motifs is 1. The summed E-state index contributed by atoms with van der Waals surface area (Å²) in [5, 5.41) is 3.30. The molecule has 1 aromatic carbocycles. The molecule has 18 heavy (non-hydrogen) atoms. The predicted molar refractivity (Wildman–Crippen MR) is 80.2 cm³/mol. The second-order valence-electron chi connectivity index (χ2n) is 3.84. The van der Waals surface area contributed by atoms with E-state index in [2.05, 4.69) is 40.2 Å². The third-order valence-electron chi connectivity index (χ3n) is 2.48. The molecule has 2 heterocycles. The Morgan fingerprint density at radius 1 is 1.28 bits per heavy atom. The number of hydrogen-bond acceptors (Lipinski definition) is 3. The van der Waals surface area contributed by atoms with Crippen LogP contribution in [-0.4, -0.2) is 22.3 Å². The number of benzene rings is 1. The maximum atomic E-state index is 4.18. The minimum atomic E-state index is 0.976. The zero-order valence-corrected chi connectivity index (χ0v) is 11.0. The van der Waals surface area contributed by atoms with E-state index < -0.39 is 0 Å². The van der Waals surface area contributed by atoms with Gasteiger partial charge in [-0.1, -0.05) is 30.3 Å². The quantitative estimate of drug-likeness (QED) is 0.758. The SMILES string of the molecule is C=CCN1C=CSC1.c1ccc2ncccc2c1. The molecule has 1 aromatic heterocycles. The highest BCUT2D eigenvalue weighted by Gasteiger charge is 1.99. The molecule has 0 fully saturated rings. The van der Waals surface area contributed by atoms with E-state index in [4.69, 9.17) is 0 Å². The number of rotatable bonds is 2. The topological polar surface area (TPSA) is 16.1 Å². The van der Waals surface area contributed by atoms with Gasteiger partial charge in [0.1, 0.15) is 0 Å². The molecular weight excluding hydrogens is 240 g/mol. The van der Waals surface area contributed by atoms with Crippen molar-refractivity contribution in [2.75, 3.05) is 12.4 Å². The van der Waals surface area contributed by atoms with Crippen LogP contribution in [-0.2, 0) is 0 Å². The number of aromatic nitrogens is 1. The molecule has 3 heteroatoms. The zero-order chi connectivity index (χ0) is 12.6. The normalized spacial score (nSPS) is 13.2. The molecule has 92 valence electrons. The lowest BCUT2D eigenvalue weighted by atomic mass is 10.2. The molecule has 0 radical (unpaired) electrons. The van der Waals surface area contributed by atoms with Gasteiger partial charge in [-0.2, -0.15) is 0 Å². The predicted octanol–water partition coefficient (Wildman–Crippen LogP) is 3.88. The first kappa shape index (κ1) is 12.7. The third kappa shape index (κ3) is 3.64. The Balaban J connectivity index is 0.000000138. The summed E-state index contributed by atoms with van der Waals surface area (Å²) in [7, 11) is 0. The van der Waals surface area contributed by atoms with E-state index >= 15 is 0 Å². The van der Waals surface area contributed by atoms with Crippen LogP contribution in [0.25, 0.3) is 10.9 Å². The second-order valence-corrected chi connectivity index (χ2v) is 4.70. The first-order chi connectivity index (χ1) is 8.90. The summed E-state index contributed by atoms with van der Waals surface area (Å²) in [6.07, 6.45) is 5.81. The standard InChI is InChI=1S/C9H7N.C6H9NS/c1-2-6-9-8(4-1)5-3-7-10-9;1-2-3-7-4-5-8-6-7/h1-7H;2,4-5H,1,3,6H2. The molecule has 0 spiro atoms. The molecule has 0 saturated heterocycles. The van der Waals surface area contributed by atoms with Crippen LogP contribution in [0.4, 0.5) is 0 Å². The Kier molecular flexibility index (Phi) is 4.85. The minimum absolute atomic E-state index is 0.976. The van der Waals surface area contributed by atoms with Crippen molar-refractivity contribution < 1.29 is 0 Å². The average Bonchev–Trinajstić information content (AvgIpc) is 2.93. The lowest BCUT2D eigenvalue weighted by molar-refractivity contribution is 0.499. The van der Waals surface area contributed by atoms with Crippen molar-refractivity contribution in [3.8, 4) is 0 Å². The molecule has 0 amide bonds. The monoisotopic (exact) mass is 256 g/mol. The van der Waals surface area contributed by atoms with Crippen LogP contribution in [0.1, 0.15) is 0 Å². The molecule has 0 bridgehead atoms. The highest BCUT2D eigenvalue weighted by Crippen LogP contribution is 2.13. The van der Waals surface area contributed by atoms with Gasteiger partial charge in [-0.25, -0.2) is 0 Å². The van der Waals surface area contributed by atoms with Crippen molar-refractivity contribution in [1.29, 1.82) is 0 Å². The van der Waals surface area contributed by atoms with E-state index in [-0.39, 0.29) is 0 Å². The van der Waals surface area contributed by atoms with Crippen molar-refractivity contribution in [3.05, 3.63) is 66.9 Å². The number of hydrogen-bond donors (Lipinski definition) is 0. The van der Waals surface area contributed by atoms with Crippen molar-refractivity contribution in [2.24, 2.45) is 0 Å². The first-order valence-corrected chi connectivity index (χ1v) is 6.88. The Hall–Kier alpha value is -1.74. The highest BCUT2D eigenvalue weighted by atomic mass is 32.2. The van der Waals surface area contributed by atoms with E-state index in [1.165, 1.54) is 5.39 Å². The minimum Gasteiger partial charge on any atom is -0.364 e. The van der Waals surface area contributed by atoms with E-state index in [0.717, 1.165) is 17.9 Å². The van der Waals surface area contributed by atoms with Crippen molar-refractivity contribution in [2.45, 2.75) is 0 Å². The van der Waals surface area contributed by atoms with Gasteiger partial charge in [-0.05, 0) is 17.5 Å². The fourth-order valence-corrected chi connectivity index (χ4v) is 2.33. The lowest BCUT2D eigenvalue weighted by Crippen LogP contribution is -2.11. The molecule has 0 atom stereocenters. The van der Waals surface area contributed by atoms with Crippen LogP contribution in [0.2, 0.25) is 0 Å². The summed E-state index contributed by atoms with van der Waals surface area (Å²) in [4.78, 5) is 6.39. The molecular formula is C15H16N2S. The third-order valence-corrected chi connectivity index (χ3v) is 3.28. The van der Waals surface area contributed by atoms with E-state index in [1.807, 2.05) is 48.3 Å². The van der Waals surface area contributed by atoms with Gasteiger partial charge in [0.25, 0.3) is 0 Å². The lowest BCUT2D eigenvalue weighted by Gasteiger charge is -2.09. The first-order valence-electron chi connectivity index (χ1n) is 5.83. The summed E-state index contributed by atoms with van der Waals surface area (Å²) in [6.45, 7) is 4.62. The van der Waals surface area contributed by atoms with Crippen LogP contribution in [0.3, 0.4) is 0 Å². The van der Waals surface area contributed by atoms with Crippen molar-refractivity contribution in [3.63, 3.8) is 0 Å². The number of pyridine rings is 1. The second kappa shape index (κ2) is 6.87. The molecule has 1 aliphatic heterocycles. The van der Waals surface area contributed by atoms with Crippen LogP contribution >= 0.6 is 11.8 Å². The molecule has 2 nitrogen and oxygen atoms in total. The number of nitrogens with zero attached hydrogens (tertiary/aromatic N) is 2. The Morgan fingerprint density at radius 3 is 2.83 bits per heavy atom. The van der Waals surface area contributed by atoms with Crippen molar-refractivity contribution in [1.82, 2.24) is 9.88 Å². The van der Waals surface area contributed by atoms with Gasteiger partial charge in [0.2, 0.25) is 0 Å². The van der Waals surface area contributed by atoms with Gasteiger partial charge in [0.15, 0.2) is 0 Å². The van der Waals surface area contributed by atoms with Crippen molar-refractivity contribution >= 4 is 22.7 Å². The molecule has 3 rings (SSSR count). The average molecular weight is 256 g/mol.